The van der Waals surface area contributed by atoms with Crippen LogP contribution in [0.3, 0.4) is 0 Å². The van der Waals surface area contributed by atoms with E-state index in [4.69, 9.17) is 0 Å². The fraction of sp³-hybridized carbons (Fsp3) is 0.812. The van der Waals surface area contributed by atoms with Crippen LogP contribution in [0.5, 0.6) is 0 Å². The molecular weight excluding hydrogens is 1240 g/mol. The van der Waals surface area contributed by atoms with Crippen molar-refractivity contribution in [3.63, 3.8) is 0 Å². The van der Waals surface area contributed by atoms with Crippen molar-refractivity contribution in [3.8, 4) is 0 Å². The first-order valence-electron chi connectivity index (χ1n) is 34.4. The Balaban J connectivity index is 3.11. The van der Waals surface area contributed by atoms with Gasteiger partial charge in [-0.1, -0.05) is 95.2 Å². The third-order valence-electron chi connectivity index (χ3n) is 18.4. The summed E-state index contributed by atoms with van der Waals surface area (Å²) in [5, 5.41) is 34.8. The van der Waals surface area contributed by atoms with Crippen molar-refractivity contribution >= 4 is 76.7 Å². The van der Waals surface area contributed by atoms with Crippen LogP contribution in [0.4, 0.5) is 0 Å². The Morgan fingerprint density at radius 2 is 0.958 bits per heavy atom. The number of likely N-dealkylation sites (N-methyl/N-ethyl adjacent to an activating group) is 7. The van der Waals surface area contributed by atoms with Crippen molar-refractivity contribution < 1.29 is 63.0 Å². The SMILES string of the molecule is CC=CC[C@@H](C)[C@@H](O)[C@H]1C(=O)N[C@@H](CC)C(=O)N(C)[C@H](CSCCN2CCCC2)C(=O)N(C)[C@@H](CC(C)(C)O)C(=O)N[C@@H](C(C)C)C(=O)N(C)[C@@H](CC(C)C)C(=O)N[C@@H](C)C(=O)N[C@H](C)C(=O)N(C)[C@@H](CC(C)C)C(=O)N(C)[C@@H](CC(C)C)C(=O)N(C)[C@@H](C(C)C)C(=O)N1C. The predicted molar refractivity (Wildman–Crippen MR) is 372 cm³/mol. The molecule has 2 saturated heterocycles. The van der Waals surface area contributed by atoms with E-state index < -0.39 is 161 Å². The molecule has 6 N–H and O–H groups in total. The maximum absolute atomic E-state index is 15.4. The molecule has 0 aromatic heterocycles. The number of nitrogens with one attached hydrogen (secondary N) is 4. The average molecular weight is 1360 g/mol. The molecule has 26 heteroatoms. The molecule has 2 rings (SSSR count). The molecule has 0 aromatic carbocycles. The minimum atomic E-state index is -1.65. The van der Waals surface area contributed by atoms with E-state index in [-0.39, 0.29) is 55.6 Å². The number of hydrogen-bond donors (Lipinski definition) is 6. The van der Waals surface area contributed by atoms with Crippen LogP contribution in [0.25, 0.3) is 0 Å². The highest BCUT2D eigenvalue weighted by Gasteiger charge is 2.47. The minimum absolute atomic E-state index is 0.0186. The van der Waals surface area contributed by atoms with E-state index in [0.29, 0.717) is 18.7 Å². The van der Waals surface area contributed by atoms with E-state index in [2.05, 4.69) is 26.2 Å². The van der Waals surface area contributed by atoms with Crippen molar-refractivity contribution in [1.82, 2.24) is 60.5 Å². The van der Waals surface area contributed by atoms with Crippen LogP contribution >= 0.6 is 11.8 Å². The van der Waals surface area contributed by atoms with Crippen LogP contribution in [0.1, 0.15) is 169 Å². The van der Waals surface area contributed by atoms with Crippen LogP contribution in [0, 0.1) is 35.5 Å². The summed E-state index contributed by atoms with van der Waals surface area (Å²) in [6.07, 6.45) is 4.52. The molecule has 0 unspecified atom stereocenters. The van der Waals surface area contributed by atoms with Gasteiger partial charge in [-0.2, -0.15) is 11.8 Å². The van der Waals surface area contributed by atoms with Crippen molar-refractivity contribution in [2.75, 3.05) is 80.5 Å². The first-order chi connectivity index (χ1) is 44.0. The van der Waals surface area contributed by atoms with Gasteiger partial charge < -0.3 is 70.7 Å². The second-order valence-electron chi connectivity index (χ2n) is 29.3. The van der Waals surface area contributed by atoms with E-state index in [0.717, 1.165) is 35.7 Å². The number of hydrogen-bond acceptors (Lipinski definition) is 15. The van der Waals surface area contributed by atoms with Gasteiger partial charge in [-0.3, -0.25) is 52.7 Å². The first-order valence-corrected chi connectivity index (χ1v) is 35.5. The lowest BCUT2D eigenvalue weighted by Crippen LogP contribution is -2.64. The average Bonchev–Trinajstić information content (AvgIpc) is 1.29. The molecule has 11 amide bonds. The standard InChI is InChI=1S/C69H124N12O13S/c1-25-27-30-45(13)57(82)56-61(86)72-48(26-2)63(88)78(22)53(39-95-34-33-81-31-28-29-32-81)66(91)77(21)52(38-69(16,17)94)60(85)73-54(43(9)10)67(92)74(18)49(35-40(3)4)59(84)70-46(14)58(83)71-47(15)62(87)75(19)50(36-41(5)6)64(89)76(20)51(37-42(7)8)65(90)79(23)55(44(11)12)68(93)80(56)24/h25,27,40-57,82,94H,26,28-39H2,1-24H3,(H,70,84)(H,71,83)(H,72,86)(H,73,85)/t45-,46+,47-,48+,49+,50+,51+,52+,53-,54+,55+,56+,57-/m1/s1. The third kappa shape index (κ3) is 24.6. The summed E-state index contributed by atoms with van der Waals surface area (Å²) in [7, 11) is 9.92. The zero-order chi connectivity index (χ0) is 73.0. The summed E-state index contributed by atoms with van der Waals surface area (Å²) in [5.74, 6) is -9.56. The highest BCUT2D eigenvalue weighted by atomic mass is 32.2. The fourth-order valence-corrected chi connectivity index (χ4v) is 13.5. The van der Waals surface area contributed by atoms with Crippen molar-refractivity contribution in [3.05, 3.63) is 12.2 Å². The molecule has 2 aliphatic rings. The molecule has 0 aliphatic carbocycles. The van der Waals surface area contributed by atoms with E-state index in [1.807, 2.05) is 47.6 Å². The Labute approximate surface area is 573 Å². The van der Waals surface area contributed by atoms with Gasteiger partial charge >= 0.3 is 0 Å². The molecule has 0 aromatic rings. The molecule has 544 valence electrons. The lowest BCUT2D eigenvalue weighted by molar-refractivity contribution is -0.157. The monoisotopic (exact) mass is 1360 g/mol. The van der Waals surface area contributed by atoms with Gasteiger partial charge in [0.15, 0.2) is 0 Å². The minimum Gasteiger partial charge on any atom is -0.390 e. The molecule has 25 nitrogen and oxygen atoms in total. The normalized spacial score (nSPS) is 27.3. The lowest BCUT2D eigenvalue weighted by atomic mass is 9.91. The van der Waals surface area contributed by atoms with Crippen LogP contribution < -0.4 is 21.3 Å². The molecule has 2 aliphatic heterocycles. The van der Waals surface area contributed by atoms with Gasteiger partial charge in [-0.25, -0.2) is 0 Å². The Morgan fingerprint density at radius 1 is 0.516 bits per heavy atom. The van der Waals surface area contributed by atoms with Gasteiger partial charge in [0.25, 0.3) is 0 Å². The van der Waals surface area contributed by atoms with E-state index in [1.54, 1.807) is 54.5 Å². The van der Waals surface area contributed by atoms with Crippen LogP contribution in [0.2, 0.25) is 0 Å². The molecule has 0 spiro atoms. The number of amides is 11. The zero-order valence-electron chi connectivity index (χ0n) is 62.1. The second kappa shape index (κ2) is 38.9. The number of aliphatic hydroxyl groups excluding tert-OH is 1. The Morgan fingerprint density at radius 3 is 1.44 bits per heavy atom. The summed E-state index contributed by atoms with van der Waals surface area (Å²) in [6, 6.07) is -14.3. The Kier molecular flexibility index (Phi) is 34.9. The van der Waals surface area contributed by atoms with E-state index in [1.165, 1.54) is 113 Å². The number of carbonyl (C=O) groups is 11. The number of rotatable bonds is 20. The quantitative estimate of drug-likeness (QED) is 0.0750. The highest BCUT2D eigenvalue weighted by molar-refractivity contribution is 7.99. The zero-order valence-corrected chi connectivity index (χ0v) is 62.9. The molecule has 0 bridgehead atoms. The van der Waals surface area contributed by atoms with Gasteiger partial charge in [0.1, 0.15) is 66.5 Å². The summed E-state index contributed by atoms with van der Waals surface area (Å²) >= 11 is 1.42. The molecule has 0 saturated carbocycles. The summed E-state index contributed by atoms with van der Waals surface area (Å²) in [6.45, 7) is 31.6. The van der Waals surface area contributed by atoms with Crippen molar-refractivity contribution in [2.45, 2.75) is 247 Å². The smallest absolute Gasteiger partial charge is 0.246 e. The van der Waals surface area contributed by atoms with Crippen molar-refractivity contribution in [1.29, 1.82) is 0 Å². The molecule has 2 fully saturated rings. The van der Waals surface area contributed by atoms with Crippen molar-refractivity contribution in [2.24, 2.45) is 35.5 Å². The number of allylic oxidation sites excluding steroid dienone is 2. The maximum atomic E-state index is 15.4. The number of thioether (sulfide) groups is 1. The van der Waals surface area contributed by atoms with Gasteiger partial charge in [0, 0.05) is 73.8 Å². The Bertz CT molecular complexity index is 2610. The first kappa shape index (κ1) is 85.2. The number of likely N-dealkylation sites (tertiary alicyclic amines) is 1. The topological polar surface area (TPSA) is 302 Å². The number of nitrogens with zero attached hydrogens (tertiary/aromatic N) is 8. The summed E-state index contributed by atoms with van der Waals surface area (Å²) in [5.41, 5.74) is -1.58. The highest BCUT2D eigenvalue weighted by Crippen LogP contribution is 2.27. The van der Waals surface area contributed by atoms with Gasteiger partial charge in [0.2, 0.25) is 65.0 Å². The van der Waals surface area contributed by atoms with E-state index >= 15 is 28.8 Å². The summed E-state index contributed by atoms with van der Waals surface area (Å²) in [4.78, 5) is 175. The molecule has 95 heavy (non-hydrogen) atoms. The molecule has 0 radical (unpaired) electrons. The predicted octanol–water partition coefficient (Wildman–Crippen LogP) is 3.58. The number of aliphatic hydroxyl groups is 2. The molecule has 13 atom stereocenters. The lowest BCUT2D eigenvalue weighted by Gasteiger charge is -2.41. The molecular formula is C69H124N12O13S. The van der Waals surface area contributed by atoms with Gasteiger partial charge in [-0.15, -0.1) is 0 Å². The van der Waals surface area contributed by atoms with Crippen LogP contribution in [-0.4, -0.2) is 273 Å². The van der Waals surface area contributed by atoms with Gasteiger partial charge in [-0.05, 0) is 128 Å². The Hall–Kier alpha value is -5.86. The largest absolute Gasteiger partial charge is 0.390 e. The third-order valence-corrected chi connectivity index (χ3v) is 19.4. The summed E-state index contributed by atoms with van der Waals surface area (Å²) < 4.78 is 0. The van der Waals surface area contributed by atoms with Crippen LogP contribution in [-0.2, 0) is 52.7 Å². The molecule has 2 heterocycles. The number of carbonyl (C=O) groups excluding carboxylic acids is 11. The van der Waals surface area contributed by atoms with Gasteiger partial charge in [0.05, 0.1) is 11.7 Å². The fourth-order valence-electron chi connectivity index (χ4n) is 12.4. The van der Waals surface area contributed by atoms with E-state index in [9.17, 15) is 34.2 Å². The second-order valence-corrected chi connectivity index (χ2v) is 30.5. The van der Waals surface area contributed by atoms with Crippen LogP contribution in [0.15, 0.2) is 12.2 Å². The maximum Gasteiger partial charge on any atom is 0.246 e.